The second-order valence-corrected chi connectivity index (χ2v) is 6.07. The molecule has 0 aliphatic carbocycles. The van der Waals surface area contributed by atoms with Gasteiger partial charge in [-0.2, -0.15) is 0 Å². The van der Waals surface area contributed by atoms with Crippen LogP contribution in [0.15, 0.2) is 41.1 Å². The first-order valence-electron chi connectivity index (χ1n) is 8.47. The highest BCUT2D eigenvalue weighted by molar-refractivity contribution is 5.97. The molecular formula is C18H24N4O4. The van der Waals surface area contributed by atoms with Crippen LogP contribution in [0, 0.1) is 5.92 Å². The smallest absolute Gasteiger partial charge is 0.322 e. The van der Waals surface area contributed by atoms with Crippen LogP contribution in [0.25, 0.3) is 0 Å². The van der Waals surface area contributed by atoms with Crippen molar-refractivity contribution in [3.8, 4) is 5.75 Å². The first-order valence-corrected chi connectivity index (χ1v) is 8.47. The zero-order valence-electron chi connectivity index (χ0n) is 15.2. The van der Waals surface area contributed by atoms with Gasteiger partial charge in [0.25, 0.3) is 0 Å². The van der Waals surface area contributed by atoms with Crippen LogP contribution in [-0.2, 0) is 4.79 Å². The first-order chi connectivity index (χ1) is 12.5. The Morgan fingerprint density at radius 1 is 1.23 bits per heavy atom. The van der Waals surface area contributed by atoms with Gasteiger partial charge in [0, 0.05) is 12.6 Å². The van der Waals surface area contributed by atoms with E-state index < -0.39 is 0 Å². The number of ether oxygens (including phenoxy) is 1. The van der Waals surface area contributed by atoms with Crippen molar-refractivity contribution in [1.29, 1.82) is 0 Å². The van der Waals surface area contributed by atoms with E-state index in [0.29, 0.717) is 30.4 Å². The van der Waals surface area contributed by atoms with Crippen LogP contribution >= 0.6 is 0 Å². The fourth-order valence-electron chi connectivity index (χ4n) is 2.34. The molecule has 0 spiro atoms. The van der Waals surface area contributed by atoms with Crippen LogP contribution in [0.4, 0.5) is 16.3 Å². The molecule has 140 valence electrons. The van der Waals surface area contributed by atoms with E-state index in [4.69, 9.17) is 4.74 Å². The van der Waals surface area contributed by atoms with Crippen LogP contribution < -0.4 is 15.4 Å². The minimum Gasteiger partial charge on any atom is -0.492 e. The van der Waals surface area contributed by atoms with Gasteiger partial charge in [-0.25, -0.2) is 4.79 Å². The molecule has 0 atom stereocenters. The van der Waals surface area contributed by atoms with Crippen molar-refractivity contribution in [2.24, 2.45) is 5.92 Å². The SMILES string of the molecule is CCOc1ccccc1NC(=O)N(CC(=O)Nc1ccon1)CC(C)C. The molecule has 2 aromatic rings. The average molecular weight is 360 g/mol. The number of aromatic nitrogens is 1. The molecular weight excluding hydrogens is 336 g/mol. The molecule has 0 unspecified atom stereocenters. The molecule has 0 saturated carbocycles. The van der Waals surface area contributed by atoms with Gasteiger partial charge < -0.3 is 24.8 Å². The first kappa shape index (κ1) is 19.3. The normalized spacial score (nSPS) is 10.5. The van der Waals surface area contributed by atoms with Crippen LogP contribution in [0.3, 0.4) is 0 Å². The number of amides is 3. The van der Waals surface area contributed by atoms with Gasteiger partial charge >= 0.3 is 6.03 Å². The summed E-state index contributed by atoms with van der Waals surface area (Å²) in [5.74, 6) is 0.733. The Balaban J connectivity index is 2.05. The molecule has 8 nitrogen and oxygen atoms in total. The van der Waals surface area contributed by atoms with E-state index in [1.165, 1.54) is 17.2 Å². The average Bonchev–Trinajstić information content (AvgIpc) is 3.08. The number of anilines is 2. The Morgan fingerprint density at radius 2 is 2.00 bits per heavy atom. The maximum atomic E-state index is 12.7. The van der Waals surface area contributed by atoms with E-state index in [9.17, 15) is 9.59 Å². The van der Waals surface area contributed by atoms with E-state index in [1.54, 1.807) is 12.1 Å². The molecule has 8 heteroatoms. The van der Waals surface area contributed by atoms with E-state index in [1.807, 2.05) is 32.9 Å². The van der Waals surface area contributed by atoms with Crippen LogP contribution in [0.2, 0.25) is 0 Å². The van der Waals surface area contributed by atoms with E-state index in [0.717, 1.165) is 0 Å². The lowest BCUT2D eigenvalue weighted by molar-refractivity contribution is -0.116. The van der Waals surface area contributed by atoms with Crippen molar-refractivity contribution in [1.82, 2.24) is 10.1 Å². The van der Waals surface area contributed by atoms with Crippen molar-refractivity contribution in [2.75, 3.05) is 30.3 Å². The highest BCUT2D eigenvalue weighted by Gasteiger charge is 2.20. The molecule has 2 N–H and O–H groups in total. The number of nitrogens with zero attached hydrogens (tertiary/aromatic N) is 2. The Labute approximate surface area is 152 Å². The molecule has 26 heavy (non-hydrogen) atoms. The number of hydrogen-bond acceptors (Lipinski definition) is 5. The van der Waals surface area contributed by atoms with Gasteiger partial charge in [0.1, 0.15) is 18.6 Å². The predicted molar refractivity (Wildman–Crippen MR) is 98.2 cm³/mol. The van der Waals surface area contributed by atoms with Crippen molar-refractivity contribution in [2.45, 2.75) is 20.8 Å². The molecule has 1 heterocycles. The third kappa shape index (κ3) is 5.80. The highest BCUT2D eigenvalue weighted by Crippen LogP contribution is 2.24. The fraction of sp³-hybridized carbons (Fsp3) is 0.389. The molecule has 0 saturated heterocycles. The maximum Gasteiger partial charge on any atom is 0.322 e. The number of nitrogens with one attached hydrogen (secondary N) is 2. The Bertz CT molecular complexity index is 716. The van der Waals surface area contributed by atoms with Gasteiger partial charge in [0.15, 0.2) is 5.82 Å². The molecule has 2 rings (SSSR count). The molecule has 1 aromatic heterocycles. The zero-order chi connectivity index (χ0) is 18.9. The van der Waals surface area contributed by atoms with E-state index in [-0.39, 0.29) is 24.4 Å². The second-order valence-electron chi connectivity index (χ2n) is 6.07. The van der Waals surface area contributed by atoms with E-state index >= 15 is 0 Å². The van der Waals surface area contributed by atoms with Gasteiger partial charge in [-0.1, -0.05) is 31.1 Å². The number of hydrogen-bond donors (Lipinski definition) is 2. The molecule has 0 aliphatic heterocycles. The maximum absolute atomic E-state index is 12.7. The van der Waals surface area contributed by atoms with Gasteiger partial charge in [-0.05, 0) is 25.0 Å². The van der Waals surface area contributed by atoms with Crippen LogP contribution in [0.5, 0.6) is 5.75 Å². The number of carbonyl (C=O) groups is 2. The number of carbonyl (C=O) groups excluding carboxylic acids is 2. The van der Waals surface area contributed by atoms with Gasteiger partial charge in [-0.15, -0.1) is 0 Å². The molecule has 3 amide bonds. The summed E-state index contributed by atoms with van der Waals surface area (Å²) in [5, 5.41) is 9.03. The lowest BCUT2D eigenvalue weighted by Gasteiger charge is -2.24. The summed E-state index contributed by atoms with van der Waals surface area (Å²) >= 11 is 0. The molecule has 0 fully saturated rings. The number of benzene rings is 1. The standard InChI is InChI=1S/C18H24N4O4/c1-4-25-15-8-6-5-7-14(15)19-18(24)22(11-13(2)3)12-17(23)20-16-9-10-26-21-16/h5-10,13H,4,11-12H2,1-3H3,(H,19,24)(H,20,21,23). The topological polar surface area (TPSA) is 96.7 Å². The number of para-hydroxylation sites is 2. The molecule has 0 bridgehead atoms. The predicted octanol–water partition coefficient (Wildman–Crippen LogP) is 3.20. The highest BCUT2D eigenvalue weighted by atomic mass is 16.5. The second kappa shape index (κ2) is 9.45. The van der Waals surface area contributed by atoms with Crippen LogP contribution in [-0.4, -0.2) is 41.7 Å². The summed E-state index contributed by atoms with van der Waals surface area (Å²) in [6.45, 7) is 6.64. The van der Waals surface area contributed by atoms with Crippen molar-refractivity contribution in [3.63, 3.8) is 0 Å². The Kier molecular flexibility index (Phi) is 7.02. The number of urea groups is 1. The van der Waals surface area contributed by atoms with Crippen molar-refractivity contribution in [3.05, 3.63) is 36.6 Å². The lowest BCUT2D eigenvalue weighted by atomic mass is 10.2. The quantitative estimate of drug-likeness (QED) is 0.753. The molecule has 0 aliphatic rings. The molecule has 0 radical (unpaired) electrons. The summed E-state index contributed by atoms with van der Waals surface area (Å²) in [6, 6.07) is 8.33. The minimum atomic E-state index is -0.374. The van der Waals surface area contributed by atoms with Gasteiger partial charge in [-0.3, -0.25) is 4.79 Å². The Hall–Kier alpha value is -3.03. The summed E-state index contributed by atoms with van der Waals surface area (Å²) in [4.78, 5) is 26.3. The molecule has 1 aromatic carbocycles. The third-order valence-corrected chi connectivity index (χ3v) is 3.34. The lowest BCUT2D eigenvalue weighted by Crippen LogP contribution is -2.42. The minimum absolute atomic E-state index is 0.103. The Morgan fingerprint density at radius 3 is 2.65 bits per heavy atom. The van der Waals surface area contributed by atoms with Gasteiger partial charge in [0.2, 0.25) is 5.91 Å². The zero-order valence-corrected chi connectivity index (χ0v) is 15.2. The monoisotopic (exact) mass is 360 g/mol. The summed E-state index contributed by atoms with van der Waals surface area (Å²) in [7, 11) is 0. The third-order valence-electron chi connectivity index (χ3n) is 3.34. The summed E-state index contributed by atoms with van der Waals surface area (Å²) in [5.41, 5.74) is 0.560. The van der Waals surface area contributed by atoms with Crippen molar-refractivity contribution < 1.29 is 18.8 Å². The van der Waals surface area contributed by atoms with Gasteiger partial charge in [0.05, 0.1) is 12.3 Å². The van der Waals surface area contributed by atoms with Crippen LogP contribution in [0.1, 0.15) is 20.8 Å². The summed E-state index contributed by atoms with van der Waals surface area (Å²) in [6.07, 6.45) is 1.36. The van der Waals surface area contributed by atoms with Crippen molar-refractivity contribution >= 4 is 23.4 Å². The summed E-state index contributed by atoms with van der Waals surface area (Å²) < 4.78 is 10.2. The fourth-order valence-corrected chi connectivity index (χ4v) is 2.34. The van der Waals surface area contributed by atoms with E-state index in [2.05, 4.69) is 20.3 Å². The number of rotatable bonds is 8. The largest absolute Gasteiger partial charge is 0.492 e.